The number of aryl methyl sites for hydroxylation is 1. The molecule has 0 bridgehead atoms. The molecular weight excluding hydrogens is 292 g/mol. The fourth-order valence-corrected chi connectivity index (χ4v) is 2.23. The second-order valence-corrected chi connectivity index (χ2v) is 4.89. The summed E-state index contributed by atoms with van der Waals surface area (Å²) in [7, 11) is 0. The molecular formula is C15H13ClN2O3. The quantitative estimate of drug-likeness (QED) is 0.808. The zero-order valence-corrected chi connectivity index (χ0v) is 11.9. The molecule has 0 spiro atoms. The second-order valence-electron chi connectivity index (χ2n) is 4.49. The van der Waals surface area contributed by atoms with Gasteiger partial charge in [0.25, 0.3) is 5.91 Å². The first-order chi connectivity index (χ1) is 9.90. The molecule has 0 aliphatic carbocycles. The van der Waals surface area contributed by atoms with Crippen LogP contribution in [0.5, 0.6) is 0 Å². The van der Waals surface area contributed by atoms with E-state index < -0.39 is 11.9 Å². The summed E-state index contributed by atoms with van der Waals surface area (Å²) in [5.74, 6) is -1.67. The predicted molar refractivity (Wildman–Crippen MR) is 81.4 cm³/mol. The van der Waals surface area contributed by atoms with Gasteiger partial charge < -0.3 is 16.2 Å². The number of amides is 1. The molecule has 21 heavy (non-hydrogen) atoms. The molecule has 6 heteroatoms. The Kier molecular flexibility index (Phi) is 4.14. The van der Waals surface area contributed by atoms with Crippen molar-refractivity contribution in [2.24, 2.45) is 5.73 Å². The molecule has 108 valence electrons. The van der Waals surface area contributed by atoms with Crippen molar-refractivity contribution in [1.29, 1.82) is 0 Å². The van der Waals surface area contributed by atoms with Crippen molar-refractivity contribution in [3.8, 4) is 0 Å². The second kappa shape index (κ2) is 5.85. The number of nitrogens with two attached hydrogens (primary N) is 1. The Morgan fingerprint density at radius 2 is 1.95 bits per heavy atom. The summed E-state index contributed by atoms with van der Waals surface area (Å²) in [6.07, 6.45) is 0. The molecule has 5 nitrogen and oxygen atoms in total. The van der Waals surface area contributed by atoms with Gasteiger partial charge in [-0.05, 0) is 36.8 Å². The van der Waals surface area contributed by atoms with Crippen molar-refractivity contribution >= 4 is 34.9 Å². The first-order valence-electron chi connectivity index (χ1n) is 6.09. The summed E-state index contributed by atoms with van der Waals surface area (Å²) < 4.78 is 0. The third-order valence-corrected chi connectivity index (χ3v) is 3.32. The first-order valence-corrected chi connectivity index (χ1v) is 6.47. The lowest BCUT2D eigenvalue weighted by molar-refractivity contribution is 0.0696. The number of hydrogen-bond donors (Lipinski definition) is 3. The van der Waals surface area contributed by atoms with E-state index in [1.807, 2.05) is 0 Å². The summed E-state index contributed by atoms with van der Waals surface area (Å²) in [5, 5.41) is 12.3. The van der Waals surface area contributed by atoms with Gasteiger partial charge in [-0.1, -0.05) is 23.7 Å². The highest BCUT2D eigenvalue weighted by molar-refractivity contribution is 6.34. The number of carboxylic acids is 1. The molecule has 0 heterocycles. The van der Waals surface area contributed by atoms with E-state index in [9.17, 15) is 9.59 Å². The van der Waals surface area contributed by atoms with Gasteiger partial charge >= 0.3 is 5.97 Å². The highest BCUT2D eigenvalue weighted by Crippen LogP contribution is 2.27. The smallest absolute Gasteiger partial charge is 0.336 e. The molecule has 0 atom stereocenters. The van der Waals surface area contributed by atoms with Crippen LogP contribution in [-0.4, -0.2) is 17.0 Å². The minimum absolute atomic E-state index is 0.164. The van der Waals surface area contributed by atoms with Gasteiger partial charge in [-0.15, -0.1) is 0 Å². The van der Waals surface area contributed by atoms with E-state index in [0.717, 1.165) is 0 Å². The lowest BCUT2D eigenvalue weighted by Gasteiger charge is -2.12. The molecule has 0 aliphatic heterocycles. The van der Waals surface area contributed by atoms with Gasteiger partial charge in [0.05, 0.1) is 21.8 Å². The van der Waals surface area contributed by atoms with Crippen molar-refractivity contribution in [2.45, 2.75) is 6.92 Å². The van der Waals surface area contributed by atoms with Crippen LogP contribution in [0.1, 0.15) is 26.3 Å². The van der Waals surface area contributed by atoms with Crippen LogP contribution in [0.4, 0.5) is 11.4 Å². The summed E-state index contributed by atoms with van der Waals surface area (Å²) >= 11 is 5.96. The molecule has 1 amide bonds. The number of carbonyl (C=O) groups is 2. The highest BCUT2D eigenvalue weighted by atomic mass is 35.5. The van der Waals surface area contributed by atoms with Crippen LogP contribution in [0.3, 0.4) is 0 Å². The van der Waals surface area contributed by atoms with E-state index in [1.54, 1.807) is 37.3 Å². The van der Waals surface area contributed by atoms with Crippen molar-refractivity contribution in [1.82, 2.24) is 0 Å². The lowest BCUT2D eigenvalue weighted by atomic mass is 10.1. The van der Waals surface area contributed by atoms with E-state index in [1.165, 1.54) is 6.07 Å². The molecule has 0 radical (unpaired) electrons. The van der Waals surface area contributed by atoms with Gasteiger partial charge in [0.1, 0.15) is 0 Å². The van der Waals surface area contributed by atoms with E-state index in [-0.39, 0.29) is 16.1 Å². The average molecular weight is 305 g/mol. The molecule has 0 aliphatic rings. The van der Waals surface area contributed by atoms with E-state index in [4.69, 9.17) is 22.4 Å². The molecule has 2 aromatic rings. The molecule has 2 aromatic carbocycles. The number of rotatable bonds is 4. The number of primary amides is 1. The molecule has 0 unspecified atom stereocenters. The van der Waals surface area contributed by atoms with Crippen molar-refractivity contribution < 1.29 is 14.7 Å². The monoisotopic (exact) mass is 304 g/mol. The fraction of sp³-hybridized carbons (Fsp3) is 0.0667. The van der Waals surface area contributed by atoms with Crippen LogP contribution < -0.4 is 11.1 Å². The molecule has 0 fully saturated rings. The van der Waals surface area contributed by atoms with Crippen molar-refractivity contribution in [3.05, 3.63) is 58.1 Å². The normalized spacial score (nSPS) is 10.2. The number of nitrogens with one attached hydrogen (secondary N) is 1. The number of benzene rings is 2. The third-order valence-electron chi connectivity index (χ3n) is 3.01. The van der Waals surface area contributed by atoms with Crippen molar-refractivity contribution in [3.63, 3.8) is 0 Å². The average Bonchev–Trinajstić information content (AvgIpc) is 2.40. The number of aromatic carboxylic acids is 1. The number of anilines is 2. The first kappa shape index (κ1) is 14.9. The minimum Gasteiger partial charge on any atom is -0.478 e. The van der Waals surface area contributed by atoms with E-state index >= 15 is 0 Å². The van der Waals surface area contributed by atoms with Gasteiger partial charge in [-0.3, -0.25) is 4.79 Å². The maximum absolute atomic E-state index is 11.5. The molecule has 0 saturated carbocycles. The van der Waals surface area contributed by atoms with Crippen LogP contribution in [-0.2, 0) is 0 Å². The zero-order valence-electron chi connectivity index (χ0n) is 11.2. The summed E-state index contributed by atoms with van der Waals surface area (Å²) in [5.41, 5.74) is 7.26. The van der Waals surface area contributed by atoms with Gasteiger partial charge in [0.2, 0.25) is 0 Å². The third kappa shape index (κ3) is 3.14. The Labute approximate surface area is 126 Å². The van der Waals surface area contributed by atoms with Gasteiger partial charge in [-0.2, -0.15) is 0 Å². The lowest BCUT2D eigenvalue weighted by Crippen LogP contribution is -2.14. The zero-order chi connectivity index (χ0) is 15.6. The van der Waals surface area contributed by atoms with Crippen molar-refractivity contribution in [2.75, 3.05) is 5.32 Å². The topological polar surface area (TPSA) is 92.4 Å². The van der Waals surface area contributed by atoms with Crippen LogP contribution in [0.15, 0.2) is 36.4 Å². The number of carboxylic acid groups (broad SMARTS) is 1. The standard InChI is InChI=1S/C15H13ClN2O3/c1-8-5-6-9(7-10(8)15(20)21)18-12-4-2-3-11(16)13(12)14(17)19/h2-7,18H,1H3,(H2,17,19)(H,20,21). The Bertz CT molecular complexity index is 729. The van der Waals surface area contributed by atoms with Gasteiger partial charge in [0, 0.05) is 5.69 Å². The summed E-state index contributed by atoms with van der Waals surface area (Å²) in [6, 6.07) is 9.76. The molecule has 4 N–H and O–H groups in total. The molecule has 0 aromatic heterocycles. The Morgan fingerprint density at radius 3 is 2.57 bits per heavy atom. The van der Waals surface area contributed by atoms with E-state index in [0.29, 0.717) is 16.9 Å². The van der Waals surface area contributed by atoms with Crippen LogP contribution in [0, 0.1) is 6.92 Å². The number of hydrogen-bond acceptors (Lipinski definition) is 3. The predicted octanol–water partition coefficient (Wildman–Crippen LogP) is 3.19. The highest BCUT2D eigenvalue weighted by Gasteiger charge is 2.14. The largest absolute Gasteiger partial charge is 0.478 e. The summed E-state index contributed by atoms with van der Waals surface area (Å²) in [4.78, 5) is 22.6. The Morgan fingerprint density at radius 1 is 1.24 bits per heavy atom. The van der Waals surface area contributed by atoms with Gasteiger partial charge in [0.15, 0.2) is 0 Å². The fourth-order valence-electron chi connectivity index (χ4n) is 1.96. The number of carbonyl (C=O) groups excluding carboxylic acids is 1. The maximum atomic E-state index is 11.5. The van der Waals surface area contributed by atoms with Gasteiger partial charge in [-0.25, -0.2) is 4.79 Å². The Balaban J connectivity index is 2.44. The minimum atomic E-state index is -1.02. The van der Waals surface area contributed by atoms with Crippen LogP contribution in [0.2, 0.25) is 5.02 Å². The Hall–Kier alpha value is -2.53. The molecule has 0 saturated heterocycles. The maximum Gasteiger partial charge on any atom is 0.336 e. The summed E-state index contributed by atoms with van der Waals surface area (Å²) in [6.45, 7) is 1.71. The van der Waals surface area contributed by atoms with Crippen LogP contribution >= 0.6 is 11.6 Å². The van der Waals surface area contributed by atoms with E-state index in [2.05, 4.69) is 5.32 Å². The molecule has 2 rings (SSSR count). The number of halogens is 1. The van der Waals surface area contributed by atoms with Crippen LogP contribution in [0.25, 0.3) is 0 Å². The SMILES string of the molecule is Cc1ccc(Nc2cccc(Cl)c2C(N)=O)cc1C(=O)O.